The molecule has 0 N–H and O–H groups in total. The van der Waals surface area contributed by atoms with Gasteiger partial charge in [0, 0.05) is 12.6 Å². The Hall–Kier alpha value is -4.67. The monoisotopic (exact) mass is 687 g/mol. The molecule has 0 aliphatic carbocycles. The molecule has 51 heavy (non-hydrogen) atoms. The highest BCUT2D eigenvalue weighted by molar-refractivity contribution is 5.93. The van der Waals surface area contributed by atoms with Gasteiger partial charge in [0.05, 0.1) is 40.1 Å². The van der Waals surface area contributed by atoms with Gasteiger partial charge in [0.15, 0.2) is 0 Å². The van der Waals surface area contributed by atoms with Gasteiger partial charge in [-0.1, -0.05) is 133 Å². The van der Waals surface area contributed by atoms with E-state index < -0.39 is 30.5 Å². The lowest BCUT2D eigenvalue weighted by Gasteiger charge is -2.46. The molecule has 8 heteroatoms. The Kier molecular flexibility index (Phi) is 13.1. The minimum atomic E-state index is -0.628. The van der Waals surface area contributed by atoms with Crippen molar-refractivity contribution in [3.63, 3.8) is 0 Å². The van der Waals surface area contributed by atoms with E-state index in [9.17, 15) is 4.79 Å². The van der Waals surface area contributed by atoms with Gasteiger partial charge in [0.2, 0.25) is 0 Å². The van der Waals surface area contributed by atoms with Crippen LogP contribution in [0.1, 0.15) is 44.3 Å². The Labute approximate surface area is 300 Å². The summed E-state index contributed by atoms with van der Waals surface area (Å²) in [4.78, 5) is 18.4. The van der Waals surface area contributed by atoms with Gasteiger partial charge in [-0.2, -0.15) is 0 Å². The summed E-state index contributed by atoms with van der Waals surface area (Å²) < 4.78 is 33.8. The van der Waals surface area contributed by atoms with E-state index in [4.69, 9.17) is 28.5 Å². The first-order valence-corrected chi connectivity index (χ1v) is 17.2. The first-order valence-electron chi connectivity index (χ1n) is 17.2. The first-order chi connectivity index (χ1) is 25.1. The van der Waals surface area contributed by atoms with Gasteiger partial charge in [-0.25, -0.2) is 5.06 Å². The number of hydrogen-bond acceptors (Lipinski definition) is 7. The van der Waals surface area contributed by atoms with E-state index in [0.29, 0.717) is 32.0 Å². The van der Waals surface area contributed by atoms with Crippen LogP contribution in [0, 0.1) is 0 Å². The second kappa shape index (κ2) is 18.5. The molecule has 1 heterocycles. The Morgan fingerprint density at radius 3 is 1.57 bits per heavy atom. The number of carbonyl (C=O) groups excluding carboxylic acids is 1. The molecule has 5 atom stereocenters. The largest absolute Gasteiger partial charge is 0.374 e. The third kappa shape index (κ3) is 9.98. The third-order valence-corrected chi connectivity index (χ3v) is 8.91. The summed E-state index contributed by atoms with van der Waals surface area (Å²) >= 11 is 0. The van der Waals surface area contributed by atoms with Crippen molar-refractivity contribution in [2.24, 2.45) is 0 Å². The minimum Gasteiger partial charge on any atom is -0.374 e. The van der Waals surface area contributed by atoms with Gasteiger partial charge in [0.1, 0.15) is 30.5 Å². The topological polar surface area (TPSA) is 75.7 Å². The zero-order valence-electron chi connectivity index (χ0n) is 29.1. The number of hydrogen-bond donors (Lipinski definition) is 0. The molecule has 5 aromatic carbocycles. The highest BCUT2D eigenvalue weighted by atomic mass is 16.7. The van der Waals surface area contributed by atoms with E-state index in [-0.39, 0.29) is 12.5 Å². The number of carbonyl (C=O) groups is 1. The molecule has 1 fully saturated rings. The van der Waals surface area contributed by atoms with Crippen LogP contribution >= 0.6 is 0 Å². The maximum atomic E-state index is 13.2. The fraction of sp³-hybridized carbons (Fsp3) is 0.279. The number of ether oxygens (including phenoxy) is 5. The van der Waals surface area contributed by atoms with Crippen LogP contribution in [-0.2, 0) is 54.9 Å². The predicted molar refractivity (Wildman–Crippen MR) is 194 cm³/mol. The molecule has 264 valence electrons. The summed E-state index contributed by atoms with van der Waals surface area (Å²) in [7, 11) is 3.05. The van der Waals surface area contributed by atoms with E-state index in [1.54, 1.807) is 13.1 Å². The highest BCUT2D eigenvalue weighted by Crippen LogP contribution is 2.39. The number of nitrogens with zero attached hydrogens (tertiary/aromatic N) is 1. The first kappa shape index (κ1) is 36.1. The number of rotatable bonds is 16. The van der Waals surface area contributed by atoms with Gasteiger partial charge in [-0.3, -0.25) is 9.63 Å². The summed E-state index contributed by atoms with van der Waals surface area (Å²) in [5.41, 5.74) is 5.35. The maximum absolute atomic E-state index is 13.2. The second-order valence-electron chi connectivity index (χ2n) is 12.5. The molecule has 5 aromatic rings. The fourth-order valence-electron chi connectivity index (χ4n) is 6.17. The zero-order valence-corrected chi connectivity index (χ0v) is 29.1. The van der Waals surface area contributed by atoms with Crippen LogP contribution < -0.4 is 0 Å². The normalized spacial score (nSPS) is 20.2. The SMILES string of the molecule is CON(C)C(=O)c1cccc([C@@H]2O[C@H](COCc3ccccc3)[C@@H](OCc3ccccc3)[C@H](OCc3ccccc3)[C@H]2OCc2ccccc2)c1. The molecule has 0 saturated carbocycles. The van der Waals surface area contributed by atoms with Crippen molar-refractivity contribution >= 4 is 5.91 Å². The van der Waals surface area contributed by atoms with E-state index in [2.05, 4.69) is 0 Å². The van der Waals surface area contributed by atoms with Crippen molar-refractivity contribution in [1.29, 1.82) is 0 Å². The fourth-order valence-corrected chi connectivity index (χ4v) is 6.17. The summed E-state index contributed by atoms with van der Waals surface area (Å²) in [6.07, 6.45) is -2.93. The van der Waals surface area contributed by atoms with Crippen LogP contribution in [0.25, 0.3) is 0 Å². The van der Waals surface area contributed by atoms with Gasteiger partial charge >= 0.3 is 0 Å². The van der Waals surface area contributed by atoms with Crippen molar-refractivity contribution in [2.45, 2.75) is 56.9 Å². The van der Waals surface area contributed by atoms with Gasteiger partial charge < -0.3 is 23.7 Å². The van der Waals surface area contributed by atoms with Crippen molar-refractivity contribution in [3.8, 4) is 0 Å². The van der Waals surface area contributed by atoms with Crippen LogP contribution in [-0.4, -0.2) is 56.2 Å². The zero-order chi connectivity index (χ0) is 35.3. The highest BCUT2D eigenvalue weighted by Gasteiger charge is 2.49. The molecule has 0 radical (unpaired) electrons. The molecule has 0 aromatic heterocycles. The van der Waals surface area contributed by atoms with Crippen LogP contribution in [0.2, 0.25) is 0 Å². The van der Waals surface area contributed by atoms with E-state index in [1.165, 1.54) is 12.2 Å². The summed E-state index contributed by atoms with van der Waals surface area (Å²) in [6, 6.07) is 47.6. The molecular formula is C43H45NO7. The summed E-state index contributed by atoms with van der Waals surface area (Å²) in [5, 5.41) is 1.20. The maximum Gasteiger partial charge on any atom is 0.277 e. The Balaban J connectivity index is 1.38. The Morgan fingerprint density at radius 1 is 0.588 bits per heavy atom. The van der Waals surface area contributed by atoms with Crippen LogP contribution in [0.15, 0.2) is 146 Å². The van der Waals surface area contributed by atoms with Crippen LogP contribution in [0.3, 0.4) is 0 Å². The van der Waals surface area contributed by atoms with Crippen LogP contribution in [0.4, 0.5) is 0 Å². The Bertz CT molecular complexity index is 1760. The lowest BCUT2D eigenvalue weighted by atomic mass is 9.89. The van der Waals surface area contributed by atoms with E-state index in [0.717, 1.165) is 27.8 Å². The van der Waals surface area contributed by atoms with Gasteiger partial charge in [0.25, 0.3) is 5.91 Å². The molecule has 1 aliphatic heterocycles. The lowest BCUT2D eigenvalue weighted by Crippen LogP contribution is -2.58. The van der Waals surface area contributed by atoms with E-state index in [1.807, 2.05) is 140 Å². The molecule has 6 rings (SSSR count). The van der Waals surface area contributed by atoms with Gasteiger partial charge in [-0.05, 0) is 39.9 Å². The molecule has 0 spiro atoms. The molecule has 1 amide bonds. The summed E-state index contributed by atoms with van der Waals surface area (Å²) in [6.45, 7) is 1.66. The molecular weight excluding hydrogens is 642 g/mol. The van der Waals surface area contributed by atoms with Gasteiger partial charge in [-0.15, -0.1) is 0 Å². The van der Waals surface area contributed by atoms with Crippen molar-refractivity contribution in [3.05, 3.63) is 179 Å². The average molecular weight is 688 g/mol. The average Bonchev–Trinajstić information content (AvgIpc) is 3.19. The Morgan fingerprint density at radius 2 is 1.06 bits per heavy atom. The lowest BCUT2D eigenvalue weighted by molar-refractivity contribution is -0.275. The quantitative estimate of drug-likeness (QED) is 0.0983. The number of hydroxylamine groups is 2. The molecule has 0 bridgehead atoms. The molecule has 8 nitrogen and oxygen atoms in total. The van der Waals surface area contributed by atoms with Crippen molar-refractivity contribution < 1.29 is 33.3 Å². The number of amides is 1. The smallest absolute Gasteiger partial charge is 0.277 e. The number of benzene rings is 5. The predicted octanol–water partition coefficient (Wildman–Crippen LogP) is 7.73. The van der Waals surface area contributed by atoms with E-state index >= 15 is 0 Å². The third-order valence-electron chi connectivity index (χ3n) is 8.91. The minimum absolute atomic E-state index is 0.243. The summed E-state index contributed by atoms with van der Waals surface area (Å²) in [5.74, 6) is -0.277. The molecule has 0 unspecified atom stereocenters. The molecule has 1 saturated heterocycles. The van der Waals surface area contributed by atoms with Crippen LogP contribution in [0.5, 0.6) is 0 Å². The van der Waals surface area contributed by atoms with Crippen molar-refractivity contribution in [1.82, 2.24) is 5.06 Å². The molecule has 1 aliphatic rings. The standard InChI is InChI=1S/C43H45NO7/c1-44(46-2)43(45)37-25-15-24-36(26-37)39-41(49-29-34-20-11-5-12-21-34)42(50-30-35-22-13-6-14-23-35)40(48-28-33-18-9-4-10-19-33)38(51-39)31-47-27-32-16-7-3-8-17-32/h3-26,38-42H,27-31H2,1-2H3/t38-,39+,40-,41+,42+/m1/s1. The second-order valence-corrected chi connectivity index (χ2v) is 12.5. The van der Waals surface area contributed by atoms with Crippen molar-refractivity contribution in [2.75, 3.05) is 20.8 Å².